The molecule has 4 rings (SSSR count). The van der Waals surface area contributed by atoms with Gasteiger partial charge in [-0.3, -0.25) is 25.2 Å². The third-order valence-corrected chi connectivity index (χ3v) is 4.94. The van der Waals surface area contributed by atoms with Gasteiger partial charge in [0.1, 0.15) is 11.3 Å². The fraction of sp³-hybridized carbons (Fsp3) is 0.0800. The van der Waals surface area contributed by atoms with E-state index in [2.05, 4.69) is 15.8 Å². The predicted molar refractivity (Wildman–Crippen MR) is 122 cm³/mol. The Balaban J connectivity index is 1.36. The molecule has 0 aliphatic carbocycles. The van der Waals surface area contributed by atoms with E-state index < -0.39 is 23.5 Å². The van der Waals surface area contributed by atoms with Crippen LogP contribution >= 0.6 is 0 Å². The van der Waals surface area contributed by atoms with E-state index in [0.29, 0.717) is 11.4 Å². The molecule has 160 valence electrons. The van der Waals surface area contributed by atoms with E-state index >= 15 is 0 Å². The van der Waals surface area contributed by atoms with E-state index in [9.17, 15) is 14.4 Å². The molecule has 2 amide bonds. The van der Waals surface area contributed by atoms with Crippen molar-refractivity contribution in [3.63, 3.8) is 0 Å². The monoisotopic (exact) mass is 427 g/mol. The van der Waals surface area contributed by atoms with E-state index in [-0.39, 0.29) is 5.56 Å². The molecule has 0 radical (unpaired) electrons. The zero-order chi connectivity index (χ0) is 22.5. The van der Waals surface area contributed by atoms with Crippen molar-refractivity contribution in [1.29, 1.82) is 0 Å². The van der Waals surface area contributed by atoms with Gasteiger partial charge in [0.15, 0.2) is 6.10 Å². The number of carbonyl (C=O) groups is 2. The summed E-state index contributed by atoms with van der Waals surface area (Å²) in [4.78, 5) is 39.7. The zero-order valence-electron chi connectivity index (χ0n) is 17.3. The summed E-state index contributed by atoms with van der Waals surface area (Å²) in [6.07, 6.45) is -0.866. The highest BCUT2D eigenvalue weighted by Crippen LogP contribution is 2.21. The first-order valence-electron chi connectivity index (χ1n) is 10.1. The number of ether oxygens (including phenoxy) is 1. The van der Waals surface area contributed by atoms with Crippen LogP contribution in [0, 0.1) is 0 Å². The van der Waals surface area contributed by atoms with Crippen LogP contribution in [0.25, 0.3) is 22.0 Å². The molecule has 0 saturated carbocycles. The van der Waals surface area contributed by atoms with Gasteiger partial charge in [-0.05, 0) is 47.5 Å². The summed E-state index contributed by atoms with van der Waals surface area (Å²) in [7, 11) is 0. The molecule has 3 N–H and O–H groups in total. The van der Waals surface area contributed by atoms with E-state index in [1.807, 2.05) is 66.7 Å². The minimum atomic E-state index is -0.866. The van der Waals surface area contributed by atoms with E-state index in [4.69, 9.17) is 4.74 Å². The molecule has 3 aromatic carbocycles. The molecular formula is C25H21N3O4. The van der Waals surface area contributed by atoms with Crippen LogP contribution in [0.5, 0.6) is 5.75 Å². The lowest BCUT2D eigenvalue weighted by Crippen LogP contribution is -2.48. The minimum Gasteiger partial charge on any atom is -0.481 e. The lowest BCUT2D eigenvalue weighted by atomic mass is 10.1. The number of fused-ring (bicyclic) bond motifs is 1. The first-order chi connectivity index (χ1) is 15.5. The summed E-state index contributed by atoms with van der Waals surface area (Å²) in [5, 5.41) is 2.05. The third kappa shape index (κ3) is 4.67. The van der Waals surface area contributed by atoms with Gasteiger partial charge in [0, 0.05) is 5.69 Å². The summed E-state index contributed by atoms with van der Waals surface area (Å²) < 4.78 is 5.68. The maximum Gasteiger partial charge on any atom is 0.279 e. The molecule has 1 atom stereocenters. The second kappa shape index (κ2) is 9.18. The summed E-state index contributed by atoms with van der Waals surface area (Å²) in [5.74, 6) is -0.744. The Bertz CT molecular complexity index is 1330. The molecule has 4 aromatic rings. The first-order valence-corrected chi connectivity index (χ1v) is 10.1. The zero-order valence-corrected chi connectivity index (χ0v) is 17.3. The van der Waals surface area contributed by atoms with E-state index in [1.54, 1.807) is 19.1 Å². The fourth-order valence-corrected chi connectivity index (χ4v) is 3.22. The van der Waals surface area contributed by atoms with Crippen LogP contribution < -0.4 is 21.1 Å². The Morgan fingerprint density at radius 1 is 0.844 bits per heavy atom. The maximum absolute atomic E-state index is 12.4. The third-order valence-electron chi connectivity index (χ3n) is 4.94. The lowest BCUT2D eigenvalue weighted by Gasteiger charge is -2.15. The quantitative estimate of drug-likeness (QED) is 0.425. The topological polar surface area (TPSA) is 100 Å². The lowest BCUT2D eigenvalue weighted by molar-refractivity contribution is -0.128. The second-order valence-corrected chi connectivity index (χ2v) is 7.19. The molecule has 0 bridgehead atoms. The number of aromatic amines is 1. The number of aromatic nitrogens is 1. The second-order valence-electron chi connectivity index (χ2n) is 7.19. The van der Waals surface area contributed by atoms with Crippen LogP contribution in [0.4, 0.5) is 0 Å². The van der Waals surface area contributed by atoms with Crippen molar-refractivity contribution in [1.82, 2.24) is 15.8 Å². The van der Waals surface area contributed by atoms with Crippen molar-refractivity contribution in [2.45, 2.75) is 13.0 Å². The Labute approximate surface area is 184 Å². The molecule has 1 unspecified atom stereocenters. The van der Waals surface area contributed by atoms with Gasteiger partial charge >= 0.3 is 0 Å². The molecular weight excluding hydrogens is 406 g/mol. The fourth-order valence-electron chi connectivity index (χ4n) is 3.22. The average molecular weight is 427 g/mol. The number of amides is 2. The normalized spacial score (nSPS) is 11.5. The molecule has 0 saturated heterocycles. The van der Waals surface area contributed by atoms with Crippen molar-refractivity contribution in [2.75, 3.05) is 0 Å². The largest absolute Gasteiger partial charge is 0.481 e. The average Bonchev–Trinajstić information content (AvgIpc) is 2.82. The molecule has 7 heteroatoms. The minimum absolute atomic E-state index is 0.118. The van der Waals surface area contributed by atoms with E-state index in [0.717, 1.165) is 16.3 Å². The van der Waals surface area contributed by atoms with Crippen LogP contribution in [-0.4, -0.2) is 22.9 Å². The van der Waals surface area contributed by atoms with Crippen LogP contribution in [0.2, 0.25) is 0 Å². The number of pyridine rings is 1. The standard InChI is InChI=1S/C25H21N3O4/c1-16(32-20-12-11-17-7-5-6-10-19(17)15-20)23(29)27-28-25(31)21-13-14-22(26-24(21)30)18-8-3-2-4-9-18/h2-16H,1H3,(H,26,30)(H,27,29)(H,28,31). The Morgan fingerprint density at radius 2 is 1.56 bits per heavy atom. The van der Waals surface area contributed by atoms with Gasteiger partial charge in [-0.1, -0.05) is 60.7 Å². The molecule has 0 fully saturated rings. The Morgan fingerprint density at radius 3 is 2.31 bits per heavy atom. The van der Waals surface area contributed by atoms with Gasteiger partial charge in [0.25, 0.3) is 17.4 Å². The van der Waals surface area contributed by atoms with Crippen molar-refractivity contribution < 1.29 is 14.3 Å². The van der Waals surface area contributed by atoms with Crippen molar-refractivity contribution in [3.05, 3.63) is 101 Å². The maximum atomic E-state index is 12.4. The van der Waals surface area contributed by atoms with Gasteiger partial charge in [0.2, 0.25) is 0 Å². The molecule has 0 aliphatic heterocycles. The molecule has 1 heterocycles. The number of hydrazine groups is 1. The van der Waals surface area contributed by atoms with Crippen LogP contribution in [0.15, 0.2) is 89.7 Å². The SMILES string of the molecule is CC(Oc1ccc2ccccc2c1)C(=O)NNC(=O)c1ccc(-c2ccccc2)[nH]c1=O. The van der Waals surface area contributed by atoms with E-state index in [1.165, 1.54) is 6.07 Å². The number of rotatable bonds is 5. The molecule has 1 aromatic heterocycles. The Hall–Kier alpha value is -4.39. The summed E-state index contributed by atoms with van der Waals surface area (Å²) in [5.41, 5.74) is 5.29. The number of benzene rings is 3. The van der Waals surface area contributed by atoms with Gasteiger partial charge < -0.3 is 9.72 Å². The number of hydrogen-bond acceptors (Lipinski definition) is 4. The highest BCUT2D eigenvalue weighted by atomic mass is 16.5. The van der Waals surface area contributed by atoms with Gasteiger partial charge in [-0.25, -0.2) is 0 Å². The summed E-state index contributed by atoms with van der Waals surface area (Å²) in [6, 6.07) is 25.7. The first kappa shape index (κ1) is 20.9. The van der Waals surface area contributed by atoms with Crippen LogP contribution in [0.1, 0.15) is 17.3 Å². The highest BCUT2D eigenvalue weighted by Gasteiger charge is 2.17. The van der Waals surface area contributed by atoms with Gasteiger partial charge in [-0.15, -0.1) is 0 Å². The molecule has 0 spiro atoms. The van der Waals surface area contributed by atoms with Gasteiger partial charge in [0.05, 0.1) is 0 Å². The van der Waals surface area contributed by atoms with Gasteiger partial charge in [-0.2, -0.15) is 0 Å². The number of hydrogen-bond donors (Lipinski definition) is 3. The van der Waals surface area contributed by atoms with Crippen LogP contribution in [0.3, 0.4) is 0 Å². The van der Waals surface area contributed by atoms with Crippen molar-refractivity contribution in [2.24, 2.45) is 0 Å². The molecule has 0 aliphatic rings. The number of carbonyl (C=O) groups excluding carboxylic acids is 2. The van der Waals surface area contributed by atoms with Crippen LogP contribution in [-0.2, 0) is 4.79 Å². The van der Waals surface area contributed by atoms with Crippen molar-refractivity contribution in [3.8, 4) is 17.0 Å². The number of H-pyrrole nitrogens is 1. The summed E-state index contributed by atoms with van der Waals surface area (Å²) >= 11 is 0. The predicted octanol–water partition coefficient (Wildman–Crippen LogP) is 3.42. The summed E-state index contributed by atoms with van der Waals surface area (Å²) in [6.45, 7) is 1.57. The highest BCUT2D eigenvalue weighted by molar-refractivity contribution is 5.95. The van der Waals surface area contributed by atoms with Crippen molar-refractivity contribution >= 4 is 22.6 Å². The molecule has 32 heavy (non-hydrogen) atoms. The Kier molecular flexibility index (Phi) is 5.98. The number of nitrogens with one attached hydrogen (secondary N) is 3. The smallest absolute Gasteiger partial charge is 0.279 e. The molecule has 7 nitrogen and oxygen atoms in total.